The molecule has 0 aliphatic rings. The first-order valence-electron chi connectivity index (χ1n) is 13.5. The molecule has 0 bridgehead atoms. The molecule has 0 rings (SSSR count). The van der Waals surface area contributed by atoms with Crippen molar-refractivity contribution in [2.45, 2.75) is 143 Å². The molecule has 0 nitrogen and oxygen atoms in total. The third kappa shape index (κ3) is 17.7. The Morgan fingerprint density at radius 1 is 0.393 bits per heavy atom. The van der Waals surface area contributed by atoms with E-state index in [1.54, 1.807) is 37.7 Å². The Hall–Kier alpha value is 0.860. The molecule has 172 valence electrons. The van der Waals surface area contributed by atoms with Crippen LogP contribution in [0.15, 0.2) is 0 Å². The quantitative estimate of drug-likeness (QED) is 0.111. The molecule has 1 unspecified atom stereocenters. The average molecular weight is 433 g/mol. The van der Waals surface area contributed by atoms with Gasteiger partial charge in [-0.2, -0.15) is 0 Å². The normalized spacial score (nSPS) is 13.0. The molecular weight excluding hydrogens is 374 g/mol. The van der Waals surface area contributed by atoms with Gasteiger partial charge < -0.3 is 0 Å². The van der Waals surface area contributed by atoms with Crippen molar-refractivity contribution < 1.29 is 0 Å². The van der Waals surface area contributed by atoms with Gasteiger partial charge in [0, 0.05) is 0 Å². The summed E-state index contributed by atoms with van der Waals surface area (Å²) in [5, 5.41) is 0. The van der Waals surface area contributed by atoms with E-state index in [4.69, 9.17) is 0 Å². The third-order valence-electron chi connectivity index (χ3n) is 6.58. The van der Waals surface area contributed by atoms with Crippen LogP contribution in [0.25, 0.3) is 0 Å². The minimum absolute atomic E-state index is 0.973. The van der Waals surface area contributed by atoms with Gasteiger partial charge in [-0.1, -0.05) is 0 Å². The van der Waals surface area contributed by atoms with E-state index in [1.165, 1.54) is 111 Å². The van der Waals surface area contributed by atoms with Crippen LogP contribution in [0.3, 0.4) is 0 Å². The first-order chi connectivity index (χ1) is 13.7. The van der Waals surface area contributed by atoms with Gasteiger partial charge >= 0.3 is 183 Å². The van der Waals surface area contributed by atoms with Crippen molar-refractivity contribution in [3.05, 3.63) is 0 Å². The van der Waals surface area contributed by atoms with Gasteiger partial charge in [0.1, 0.15) is 0 Å². The summed E-state index contributed by atoms with van der Waals surface area (Å²) in [6.07, 6.45) is 33.2. The van der Waals surface area contributed by atoms with Crippen molar-refractivity contribution in [3.8, 4) is 0 Å². The standard InChI is InChI=1S/C26H58P2/c1-5-9-12-15-18-21-24-28(27-8-4,25-22-19-16-13-10-6-2)26-23-20-17-14-11-7-3/h27-28H,5-26H2,1-4H3. The van der Waals surface area contributed by atoms with Crippen molar-refractivity contribution in [1.29, 1.82) is 0 Å². The summed E-state index contributed by atoms with van der Waals surface area (Å²) < 4.78 is 0. The molecule has 0 aliphatic heterocycles. The van der Waals surface area contributed by atoms with E-state index in [1.807, 2.05) is 0 Å². The second kappa shape index (κ2) is 22.5. The zero-order valence-electron chi connectivity index (χ0n) is 20.6. The molecule has 0 saturated heterocycles. The van der Waals surface area contributed by atoms with E-state index >= 15 is 0 Å². The Balaban J connectivity index is 4.39. The SMILES string of the molecule is CCCCCCCC[PH](CCCCCCCC)(CCCCCCCC)PCC. The predicted octanol–water partition coefficient (Wildman–Crippen LogP) is 10.4. The minimum atomic E-state index is -0.973. The molecule has 1 atom stereocenters. The van der Waals surface area contributed by atoms with Gasteiger partial charge in [0.2, 0.25) is 0 Å². The second-order valence-corrected chi connectivity index (χ2v) is 18.7. The van der Waals surface area contributed by atoms with E-state index in [2.05, 4.69) is 27.7 Å². The summed E-state index contributed by atoms with van der Waals surface area (Å²) in [4.78, 5) is 0. The predicted molar refractivity (Wildman–Crippen MR) is 142 cm³/mol. The fraction of sp³-hybridized carbons (Fsp3) is 1.00. The maximum absolute atomic E-state index is 2.48. The molecule has 0 aromatic rings. The van der Waals surface area contributed by atoms with Crippen LogP contribution in [0.2, 0.25) is 0 Å². The molecule has 0 spiro atoms. The van der Waals surface area contributed by atoms with Crippen LogP contribution in [0.4, 0.5) is 0 Å². The molecule has 0 aliphatic carbocycles. The Morgan fingerprint density at radius 3 is 0.964 bits per heavy atom. The van der Waals surface area contributed by atoms with Crippen LogP contribution < -0.4 is 0 Å². The molecule has 0 aromatic heterocycles. The Labute approximate surface area is 183 Å². The van der Waals surface area contributed by atoms with Crippen LogP contribution in [-0.2, 0) is 0 Å². The summed E-state index contributed by atoms with van der Waals surface area (Å²) in [5.74, 6) is 0. The zero-order valence-corrected chi connectivity index (χ0v) is 22.6. The fourth-order valence-corrected chi connectivity index (χ4v) is 15.0. The second-order valence-electron chi connectivity index (χ2n) is 9.36. The van der Waals surface area contributed by atoms with E-state index in [0.717, 1.165) is 0 Å². The van der Waals surface area contributed by atoms with E-state index < -0.39 is 6.95 Å². The Bertz CT molecular complexity index is 249. The monoisotopic (exact) mass is 432 g/mol. The van der Waals surface area contributed by atoms with Crippen LogP contribution >= 0.6 is 15.2 Å². The number of unbranched alkanes of at least 4 members (excludes halogenated alkanes) is 15. The molecule has 0 heterocycles. The van der Waals surface area contributed by atoms with Crippen molar-refractivity contribution in [2.75, 3.05) is 24.6 Å². The van der Waals surface area contributed by atoms with E-state index in [-0.39, 0.29) is 0 Å². The number of hydrogen-bond acceptors (Lipinski definition) is 0. The molecule has 0 aromatic carbocycles. The van der Waals surface area contributed by atoms with Crippen LogP contribution in [0.5, 0.6) is 0 Å². The van der Waals surface area contributed by atoms with Gasteiger partial charge in [0.05, 0.1) is 0 Å². The molecule has 0 fully saturated rings. The average Bonchev–Trinajstić information content (AvgIpc) is 2.70. The molecule has 0 amide bonds. The topological polar surface area (TPSA) is 0 Å². The summed E-state index contributed by atoms with van der Waals surface area (Å²) in [6, 6.07) is 0. The molecular formula is C26H58P2. The third-order valence-corrected chi connectivity index (χ3v) is 17.2. The molecule has 2 heteroatoms. The summed E-state index contributed by atoms with van der Waals surface area (Å²) >= 11 is 0. The first-order valence-corrected chi connectivity index (χ1v) is 18.3. The number of hydrogen-bond donors (Lipinski definition) is 0. The van der Waals surface area contributed by atoms with E-state index in [0.29, 0.717) is 0 Å². The van der Waals surface area contributed by atoms with Gasteiger partial charge in [0.15, 0.2) is 0 Å². The van der Waals surface area contributed by atoms with Gasteiger partial charge in [-0.3, -0.25) is 0 Å². The van der Waals surface area contributed by atoms with Gasteiger partial charge in [-0.25, -0.2) is 0 Å². The van der Waals surface area contributed by atoms with Gasteiger partial charge in [-0.05, 0) is 0 Å². The maximum atomic E-state index is 2.48. The van der Waals surface area contributed by atoms with Gasteiger partial charge in [0.25, 0.3) is 0 Å². The van der Waals surface area contributed by atoms with Crippen LogP contribution in [-0.4, -0.2) is 24.6 Å². The van der Waals surface area contributed by atoms with Crippen molar-refractivity contribution in [3.63, 3.8) is 0 Å². The molecule has 0 N–H and O–H groups in total. The van der Waals surface area contributed by atoms with Crippen molar-refractivity contribution >= 4 is 15.2 Å². The van der Waals surface area contributed by atoms with Gasteiger partial charge in [-0.15, -0.1) is 0 Å². The Morgan fingerprint density at radius 2 is 0.679 bits per heavy atom. The van der Waals surface area contributed by atoms with Crippen LogP contribution in [0, 0.1) is 0 Å². The summed E-state index contributed by atoms with van der Waals surface area (Å²) in [7, 11) is 1.35. The number of rotatable bonds is 23. The van der Waals surface area contributed by atoms with Crippen molar-refractivity contribution in [1.82, 2.24) is 0 Å². The van der Waals surface area contributed by atoms with Crippen LogP contribution in [0.1, 0.15) is 143 Å². The molecule has 28 heavy (non-hydrogen) atoms. The fourth-order valence-electron chi connectivity index (χ4n) is 4.75. The van der Waals surface area contributed by atoms with Crippen molar-refractivity contribution in [2.24, 2.45) is 0 Å². The molecule has 0 radical (unpaired) electrons. The summed E-state index contributed by atoms with van der Waals surface area (Å²) in [6.45, 7) is 8.51. The zero-order chi connectivity index (χ0) is 20.8. The molecule has 0 saturated carbocycles. The first kappa shape index (κ1) is 28.9. The van der Waals surface area contributed by atoms with E-state index in [9.17, 15) is 0 Å². The summed E-state index contributed by atoms with van der Waals surface area (Å²) in [5.41, 5.74) is 0. The Kier molecular flexibility index (Phi) is 23.2.